The first-order valence-corrected chi connectivity index (χ1v) is 7.23. The summed E-state index contributed by atoms with van der Waals surface area (Å²) in [6.07, 6.45) is 4.79. The zero-order chi connectivity index (χ0) is 12.4. The molecule has 3 rings (SSSR count). The molecule has 2 unspecified atom stereocenters. The van der Waals surface area contributed by atoms with Crippen molar-refractivity contribution in [2.45, 2.75) is 24.6 Å². The minimum Gasteiger partial charge on any atom is -0.379 e. The van der Waals surface area contributed by atoms with Gasteiger partial charge in [-0.25, -0.2) is 4.68 Å². The normalized spacial score (nSPS) is 23.2. The lowest BCUT2D eigenvalue weighted by Gasteiger charge is -2.20. The number of hydrogen-bond donors (Lipinski definition) is 1. The molecule has 1 saturated heterocycles. The van der Waals surface area contributed by atoms with Crippen LogP contribution >= 0.6 is 11.8 Å². The van der Waals surface area contributed by atoms with Crippen molar-refractivity contribution >= 4 is 17.4 Å². The molecule has 4 nitrogen and oxygen atoms in total. The highest BCUT2D eigenvalue weighted by Crippen LogP contribution is 2.30. The van der Waals surface area contributed by atoms with E-state index in [-0.39, 0.29) is 0 Å². The van der Waals surface area contributed by atoms with Crippen LogP contribution in [0.25, 0.3) is 5.69 Å². The second-order valence-corrected chi connectivity index (χ2v) is 5.97. The zero-order valence-electron chi connectivity index (χ0n) is 10.3. The summed E-state index contributed by atoms with van der Waals surface area (Å²) >= 11 is 2.03. The molecule has 0 radical (unpaired) electrons. The fourth-order valence-corrected chi connectivity index (χ4v) is 3.45. The summed E-state index contributed by atoms with van der Waals surface area (Å²) in [6.45, 7) is 2.29. The molecule has 0 spiro atoms. The summed E-state index contributed by atoms with van der Waals surface area (Å²) in [5.74, 6) is 1.24. The van der Waals surface area contributed by atoms with Crippen LogP contribution in [0.4, 0.5) is 5.69 Å². The summed E-state index contributed by atoms with van der Waals surface area (Å²) in [5.41, 5.74) is 2.18. The second-order valence-electron chi connectivity index (χ2n) is 4.48. The van der Waals surface area contributed by atoms with Crippen LogP contribution in [-0.2, 0) is 0 Å². The van der Waals surface area contributed by atoms with Gasteiger partial charge in [-0.2, -0.15) is 11.8 Å². The predicted molar refractivity (Wildman–Crippen MR) is 75.3 cm³/mol. The lowest BCUT2D eigenvalue weighted by molar-refractivity contribution is 0.720. The number of rotatable bonds is 3. The van der Waals surface area contributed by atoms with E-state index in [0.29, 0.717) is 11.3 Å². The van der Waals surface area contributed by atoms with Gasteiger partial charge in [-0.05, 0) is 24.3 Å². The minimum atomic E-state index is 0.541. The molecular weight excluding hydrogens is 244 g/mol. The topological polar surface area (TPSA) is 42.7 Å². The lowest BCUT2D eigenvalue weighted by atomic mass is 10.1. The van der Waals surface area contributed by atoms with E-state index in [2.05, 4.69) is 40.8 Å². The molecule has 5 heteroatoms. The molecule has 1 aliphatic heterocycles. The third-order valence-electron chi connectivity index (χ3n) is 3.29. The molecule has 0 bridgehead atoms. The van der Waals surface area contributed by atoms with E-state index in [9.17, 15) is 0 Å². The van der Waals surface area contributed by atoms with Crippen molar-refractivity contribution in [1.29, 1.82) is 0 Å². The van der Waals surface area contributed by atoms with E-state index in [1.54, 1.807) is 10.9 Å². The van der Waals surface area contributed by atoms with Gasteiger partial charge in [-0.3, -0.25) is 0 Å². The largest absolute Gasteiger partial charge is 0.379 e. The molecule has 18 heavy (non-hydrogen) atoms. The fourth-order valence-electron chi connectivity index (χ4n) is 2.25. The molecule has 94 valence electrons. The predicted octanol–water partition coefficient (Wildman–Crippen LogP) is 2.57. The van der Waals surface area contributed by atoms with Crippen LogP contribution in [0.5, 0.6) is 0 Å². The number of para-hydroxylation sites is 2. The molecule has 1 N–H and O–H groups in total. The van der Waals surface area contributed by atoms with Gasteiger partial charge in [-0.15, -0.1) is 5.10 Å². The van der Waals surface area contributed by atoms with E-state index in [0.717, 1.165) is 11.4 Å². The van der Waals surface area contributed by atoms with Crippen LogP contribution in [-0.4, -0.2) is 32.0 Å². The van der Waals surface area contributed by atoms with Crippen LogP contribution in [0, 0.1) is 0 Å². The van der Waals surface area contributed by atoms with Gasteiger partial charge in [0.05, 0.1) is 23.8 Å². The number of nitrogens with one attached hydrogen (secondary N) is 1. The number of nitrogens with zero attached hydrogens (tertiary/aromatic N) is 3. The highest BCUT2D eigenvalue weighted by atomic mass is 32.2. The first-order chi connectivity index (χ1) is 8.84. The van der Waals surface area contributed by atoms with Crippen LogP contribution < -0.4 is 5.32 Å². The molecule has 0 aliphatic carbocycles. The Morgan fingerprint density at radius 2 is 2.28 bits per heavy atom. The second kappa shape index (κ2) is 5.02. The molecule has 0 amide bonds. The maximum absolute atomic E-state index is 4.06. The molecule has 2 heterocycles. The van der Waals surface area contributed by atoms with Crippen molar-refractivity contribution in [2.75, 3.05) is 11.1 Å². The van der Waals surface area contributed by atoms with Gasteiger partial charge >= 0.3 is 0 Å². The van der Waals surface area contributed by atoms with Gasteiger partial charge in [0, 0.05) is 11.3 Å². The third-order valence-corrected chi connectivity index (χ3v) is 4.62. The van der Waals surface area contributed by atoms with Crippen molar-refractivity contribution in [1.82, 2.24) is 15.0 Å². The van der Waals surface area contributed by atoms with Gasteiger partial charge in [0.15, 0.2) is 0 Å². The summed E-state index contributed by atoms with van der Waals surface area (Å²) in [5, 5.41) is 12.2. The minimum absolute atomic E-state index is 0.541. The van der Waals surface area contributed by atoms with Crippen molar-refractivity contribution in [2.24, 2.45) is 0 Å². The van der Waals surface area contributed by atoms with Crippen molar-refractivity contribution < 1.29 is 0 Å². The Morgan fingerprint density at radius 1 is 1.39 bits per heavy atom. The first kappa shape index (κ1) is 11.6. The van der Waals surface area contributed by atoms with Crippen molar-refractivity contribution in [3.05, 3.63) is 36.7 Å². The van der Waals surface area contributed by atoms with Crippen molar-refractivity contribution in [3.63, 3.8) is 0 Å². The third kappa shape index (κ3) is 2.22. The molecule has 2 atom stereocenters. The van der Waals surface area contributed by atoms with Gasteiger partial charge in [0.1, 0.15) is 0 Å². The Kier molecular flexibility index (Phi) is 3.23. The average molecular weight is 260 g/mol. The fraction of sp³-hybridized carbons (Fsp3) is 0.385. The van der Waals surface area contributed by atoms with Crippen LogP contribution in [0.15, 0.2) is 36.7 Å². The Hall–Kier alpha value is -1.49. The number of benzene rings is 1. The molecule has 1 aliphatic rings. The Bertz CT molecular complexity index is 511. The van der Waals surface area contributed by atoms with E-state index in [1.165, 1.54) is 12.2 Å². The number of anilines is 1. The Morgan fingerprint density at radius 3 is 3.00 bits per heavy atom. The maximum Gasteiger partial charge on any atom is 0.0894 e. The summed E-state index contributed by atoms with van der Waals surface area (Å²) in [7, 11) is 0. The SMILES string of the molecule is CC1SCCC1Nc1ccccc1-n1ccnn1. The standard InChI is InChI=1S/C13H16N4S/c1-10-11(6-9-18-10)15-12-4-2-3-5-13(12)17-8-7-14-16-17/h2-5,7-8,10-11,15H,6,9H2,1H3. The molecule has 1 aromatic carbocycles. The van der Waals surface area contributed by atoms with E-state index in [1.807, 2.05) is 24.0 Å². The van der Waals surface area contributed by atoms with Gasteiger partial charge in [0.25, 0.3) is 0 Å². The van der Waals surface area contributed by atoms with Crippen molar-refractivity contribution in [3.8, 4) is 5.69 Å². The lowest BCUT2D eigenvalue weighted by Crippen LogP contribution is -2.25. The molecule has 2 aromatic rings. The van der Waals surface area contributed by atoms with Crippen LogP contribution in [0.3, 0.4) is 0 Å². The quantitative estimate of drug-likeness (QED) is 0.921. The monoisotopic (exact) mass is 260 g/mol. The smallest absolute Gasteiger partial charge is 0.0894 e. The van der Waals surface area contributed by atoms with Crippen LogP contribution in [0.2, 0.25) is 0 Å². The van der Waals surface area contributed by atoms with Crippen LogP contribution in [0.1, 0.15) is 13.3 Å². The molecule has 0 saturated carbocycles. The summed E-state index contributed by atoms with van der Waals surface area (Å²) in [4.78, 5) is 0. The number of aromatic nitrogens is 3. The van der Waals surface area contributed by atoms with E-state index in [4.69, 9.17) is 0 Å². The summed E-state index contributed by atoms with van der Waals surface area (Å²) in [6, 6.07) is 8.78. The highest BCUT2D eigenvalue weighted by molar-refractivity contribution is 8.00. The number of hydrogen-bond acceptors (Lipinski definition) is 4. The van der Waals surface area contributed by atoms with Gasteiger partial charge in [0.2, 0.25) is 0 Å². The van der Waals surface area contributed by atoms with Gasteiger partial charge in [-0.1, -0.05) is 24.3 Å². The maximum atomic E-state index is 4.06. The Balaban J connectivity index is 1.88. The van der Waals surface area contributed by atoms with Gasteiger partial charge < -0.3 is 5.32 Å². The Labute approximate surface area is 111 Å². The molecule has 1 aromatic heterocycles. The molecule has 1 fully saturated rings. The molecular formula is C13H16N4S. The first-order valence-electron chi connectivity index (χ1n) is 6.18. The zero-order valence-corrected chi connectivity index (χ0v) is 11.1. The number of thioether (sulfide) groups is 1. The average Bonchev–Trinajstić information content (AvgIpc) is 3.03. The van der Waals surface area contributed by atoms with E-state index >= 15 is 0 Å². The summed E-state index contributed by atoms with van der Waals surface area (Å²) < 4.78 is 1.80. The highest BCUT2D eigenvalue weighted by Gasteiger charge is 2.24. The van der Waals surface area contributed by atoms with E-state index < -0.39 is 0 Å².